The van der Waals surface area contributed by atoms with Crippen molar-refractivity contribution in [2.24, 2.45) is 4.99 Å². The van der Waals surface area contributed by atoms with Gasteiger partial charge in [0.05, 0.1) is 30.0 Å². The molecular formula is C13H19N5S2. The molecule has 0 aliphatic carbocycles. The van der Waals surface area contributed by atoms with Crippen molar-refractivity contribution in [2.45, 2.75) is 33.9 Å². The van der Waals surface area contributed by atoms with Crippen LogP contribution in [0, 0.1) is 20.8 Å². The molecule has 0 unspecified atom stereocenters. The fraction of sp³-hybridized carbons (Fsp3) is 0.462. The molecule has 0 atom stereocenters. The minimum Gasteiger partial charge on any atom is -0.351 e. The Balaban J connectivity index is 1.85. The SMILES string of the molecule is CN=C(NCc1nc(C)c(C)s1)NCc1scnc1C. The number of rotatable bonds is 4. The second-order valence-corrected chi connectivity index (χ2v) is 6.62. The van der Waals surface area contributed by atoms with E-state index in [9.17, 15) is 0 Å². The lowest BCUT2D eigenvalue weighted by molar-refractivity contribution is 0.806. The Morgan fingerprint density at radius 3 is 2.50 bits per heavy atom. The molecule has 0 aromatic carbocycles. The van der Waals surface area contributed by atoms with E-state index < -0.39 is 0 Å². The molecule has 5 nitrogen and oxygen atoms in total. The van der Waals surface area contributed by atoms with Crippen LogP contribution in [0.25, 0.3) is 0 Å². The highest BCUT2D eigenvalue weighted by Gasteiger charge is 2.06. The summed E-state index contributed by atoms with van der Waals surface area (Å²) in [5.41, 5.74) is 4.04. The van der Waals surface area contributed by atoms with Gasteiger partial charge in [-0.15, -0.1) is 22.7 Å². The number of aryl methyl sites for hydroxylation is 3. The van der Waals surface area contributed by atoms with Gasteiger partial charge in [0.25, 0.3) is 0 Å². The quantitative estimate of drug-likeness (QED) is 0.672. The van der Waals surface area contributed by atoms with Crippen LogP contribution in [0.3, 0.4) is 0 Å². The smallest absolute Gasteiger partial charge is 0.191 e. The first-order valence-electron chi connectivity index (χ1n) is 6.36. The molecule has 0 bridgehead atoms. The van der Waals surface area contributed by atoms with Gasteiger partial charge in [0.15, 0.2) is 5.96 Å². The topological polar surface area (TPSA) is 62.2 Å². The van der Waals surface area contributed by atoms with Crippen LogP contribution in [0.4, 0.5) is 0 Å². The highest BCUT2D eigenvalue weighted by Crippen LogP contribution is 2.16. The Labute approximate surface area is 127 Å². The van der Waals surface area contributed by atoms with Gasteiger partial charge in [-0.3, -0.25) is 4.99 Å². The zero-order valence-electron chi connectivity index (χ0n) is 12.1. The average molecular weight is 309 g/mol. The number of aliphatic imine (C=N–C) groups is 1. The molecule has 2 heterocycles. The molecule has 2 aromatic rings. The van der Waals surface area contributed by atoms with Crippen molar-refractivity contribution >= 4 is 28.6 Å². The van der Waals surface area contributed by atoms with Crippen molar-refractivity contribution < 1.29 is 0 Å². The first-order chi connectivity index (χ1) is 9.60. The molecule has 0 saturated heterocycles. The summed E-state index contributed by atoms with van der Waals surface area (Å²) in [6.07, 6.45) is 0. The highest BCUT2D eigenvalue weighted by molar-refractivity contribution is 7.11. The van der Waals surface area contributed by atoms with Gasteiger partial charge < -0.3 is 10.6 Å². The monoisotopic (exact) mass is 309 g/mol. The molecule has 0 fully saturated rings. The molecule has 0 amide bonds. The molecule has 2 aromatic heterocycles. The van der Waals surface area contributed by atoms with Gasteiger partial charge in [-0.25, -0.2) is 9.97 Å². The second kappa shape index (κ2) is 6.81. The summed E-state index contributed by atoms with van der Waals surface area (Å²) in [4.78, 5) is 15.5. The number of aromatic nitrogens is 2. The van der Waals surface area contributed by atoms with E-state index in [-0.39, 0.29) is 0 Å². The third-order valence-corrected chi connectivity index (χ3v) is 4.97. The summed E-state index contributed by atoms with van der Waals surface area (Å²) in [5, 5.41) is 7.65. The van der Waals surface area contributed by atoms with Gasteiger partial charge in [-0.2, -0.15) is 0 Å². The lowest BCUT2D eigenvalue weighted by atomic mass is 10.4. The van der Waals surface area contributed by atoms with Gasteiger partial charge >= 0.3 is 0 Å². The first kappa shape index (κ1) is 14.9. The van der Waals surface area contributed by atoms with E-state index in [1.807, 2.05) is 19.4 Å². The largest absolute Gasteiger partial charge is 0.351 e. The summed E-state index contributed by atoms with van der Waals surface area (Å²) in [6.45, 7) is 7.59. The van der Waals surface area contributed by atoms with E-state index in [0.29, 0.717) is 6.54 Å². The summed E-state index contributed by atoms with van der Waals surface area (Å²) >= 11 is 3.38. The minimum atomic E-state index is 0.695. The fourth-order valence-electron chi connectivity index (χ4n) is 1.65. The van der Waals surface area contributed by atoms with E-state index in [0.717, 1.165) is 28.9 Å². The van der Waals surface area contributed by atoms with Crippen molar-refractivity contribution in [1.82, 2.24) is 20.6 Å². The summed E-state index contributed by atoms with van der Waals surface area (Å²) in [6, 6.07) is 0. The number of nitrogens with one attached hydrogen (secondary N) is 2. The van der Waals surface area contributed by atoms with Crippen LogP contribution in [-0.4, -0.2) is 23.0 Å². The first-order valence-corrected chi connectivity index (χ1v) is 8.06. The van der Waals surface area contributed by atoms with Gasteiger partial charge in [0.1, 0.15) is 5.01 Å². The fourth-order valence-corrected chi connectivity index (χ4v) is 3.25. The predicted octanol–water partition coefficient (Wildman–Crippen LogP) is 2.39. The molecular weight excluding hydrogens is 290 g/mol. The zero-order chi connectivity index (χ0) is 14.5. The van der Waals surface area contributed by atoms with Crippen molar-refractivity contribution in [3.63, 3.8) is 0 Å². The van der Waals surface area contributed by atoms with Gasteiger partial charge in [-0.1, -0.05) is 0 Å². The minimum absolute atomic E-state index is 0.695. The Hall–Kier alpha value is -1.47. The van der Waals surface area contributed by atoms with Crippen LogP contribution >= 0.6 is 22.7 Å². The molecule has 2 rings (SSSR count). The van der Waals surface area contributed by atoms with E-state index in [2.05, 4.69) is 32.5 Å². The van der Waals surface area contributed by atoms with Crippen LogP contribution < -0.4 is 10.6 Å². The van der Waals surface area contributed by atoms with Crippen molar-refractivity contribution in [2.75, 3.05) is 7.05 Å². The molecule has 108 valence electrons. The molecule has 0 aliphatic heterocycles. The van der Waals surface area contributed by atoms with E-state index in [1.54, 1.807) is 29.7 Å². The molecule has 0 saturated carbocycles. The van der Waals surface area contributed by atoms with E-state index in [1.165, 1.54) is 9.75 Å². The summed E-state index contributed by atoms with van der Waals surface area (Å²) in [5.74, 6) is 0.781. The predicted molar refractivity (Wildman–Crippen MR) is 85.5 cm³/mol. The standard InChI is InChI=1S/C13H19N5S2/c1-8-10(3)20-12(18-8)6-16-13(14-4)15-5-11-9(2)17-7-19-11/h7H,5-6H2,1-4H3,(H2,14,15,16). The Kier molecular flexibility index (Phi) is 5.08. The maximum absolute atomic E-state index is 4.51. The number of hydrogen-bond acceptors (Lipinski definition) is 5. The van der Waals surface area contributed by atoms with Crippen LogP contribution in [0.15, 0.2) is 10.5 Å². The van der Waals surface area contributed by atoms with Gasteiger partial charge in [0.2, 0.25) is 0 Å². The van der Waals surface area contributed by atoms with Crippen molar-refractivity contribution in [1.29, 1.82) is 0 Å². The maximum Gasteiger partial charge on any atom is 0.191 e. The molecule has 7 heteroatoms. The zero-order valence-corrected chi connectivity index (χ0v) is 13.8. The van der Waals surface area contributed by atoms with E-state index in [4.69, 9.17) is 0 Å². The molecule has 0 aliphatic rings. The Bertz CT molecular complexity index is 580. The molecule has 2 N–H and O–H groups in total. The summed E-state index contributed by atoms with van der Waals surface area (Å²) < 4.78 is 0. The van der Waals surface area contributed by atoms with Crippen LogP contribution in [0.2, 0.25) is 0 Å². The Morgan fingerprint density at radius 2 is 1.95 bits per heavy atom. The number of thiazole rings is 2. The summed E-state index contributed by atoms with van der Waals surface area (Å²) in [7, 11) is 1.77. The highest BCUT2D eigenvalue weighted by atomic mass is 32.1. The van der Waals surface area contributed by atoms with E-state index >= 15 is 0 Å². The van der Waals surface area contributed by atoms with Crippen LogP contribution in [0.1, 0.15) is 26.1 Å². The van der Waals surface area contributed by atoms with Crippen molar-refractivity contribution in [3.8, 4) is 0 Å². The number of hydrogen-bond donors (Lipinski definition) is 2. The van der Waals surface area contributed by atoms with Crippen molar-refractivity contribution in [3.05, 3.63) is 31.7 Å². The maximum atomic E-state index is 4.51. The lowest BCUT2D eigenvalue weighted by Crippen LogP contribution is -2.36. The third kappa shape index (κ3) is 3.77. The lowest BCUT2D eigenvalue weighted by Gasteiger charge is -2.10. The molecule has 0 radical (unpaired) electrons. The van der Waals surface area contributed by atoms with Gasteiger partial charge in [0, 0.05) is 16.8 Å². The number of guanidine groups is 1. The van der Waals surface area contributed by atoms with Gasteiger partial charge in [-0.05, 0) is 20.8 Å². The normalized spacial score (nSPS) is 11.7. The van der Waals surface area contributed by atoms with Crippen LogP contribution in [0.5, 0.6) is 0 Å². The second-order valence-electron chi connectivity index (χ2n) is 4.39. The number of nitrogens with zero attached hydrogens (tertiary/aromatic N) is 3. The average Bonchev–Trinajstić information content (AvgIpc) is 2.97. The third-order valence-electron chi connectivity index (χ3n) is 2.96. The molecule has 0 spiro atoms. The Morgan fingerprint density at radius 1 is 1.20 bits per heavy atom. The van der Waals surface area contributed by atoms with Crippen LogP contribution in [-0.2, 0) is 13.1 Å². The molecule has 20 heavy (non-hydrogen) atoms.